The second-order valence-corrected chi connectivity index (χ2v) is 0. The second kappa shape index (κ2) is 20.0. The van der Waals surface area contributed by atoms with Crippen LogP contribution in [0.4, 0.5) is 0 Å². The zero-order chi connectivity index (χ0) is 2.00. The van der Waals surface area contributed by atoms with Crippen molar-refractivity contribution in [1.29, 1.82) is 0 Å². The molecule has 0 aliphatic heterocycles. The Balaban J connectivity index is -0.00000000500. The molecule has 0 bridgehead atoms. The molecule has 0 radical (unpaired) electrons. The molecule has 0 N–H and O–H groups in total. The van der Waals surface area contributed by atoms with Crippen LogP contribution in [0.25, 0.3) is 0 Å². The normalized spacial score (nSPS) is 1.00. The van der Waals surface area contributed by atoms with E-state index in [1.165, 1.54) is 0 Å². The first-order valence-electron chi connectivity index (χ1n) is 0.408. The molecule has 0 aromatic heterocycles. The first kappa shape index (κ1) is 16.7. The summed E-state index contributed by atoms with van der Waals surface area (Å²) in [6.45, 7) is 0. The Labute approximate surface area is 64.2 Å². The summed E-state index contributed by atoms with van der Waals surface area (Å²) in [6.07, 6.45) is 2.01. The monoisotopic (exact) mass is 211 g/mol. The quantitative estimate of drug-likeness (QED) is 0.452. The van der Waals surface area contributed by atoms with Crippen LogP contribution < -0.4 is 0 Å². The van der Waals surface area contributed by atoms with Crippen molar-refractivity contribution in [3.63, 3.8) is 0 Å². The van der Waals surface area contributed by atoms with Gasteiger partial charge in [-0.3, -0.25) is 0 Å². The molecule has 0 rings (SSSR count). The maximum absolute atomic E-state index is 2.01. The van der Waals surface area contributed by atoms with Crippen LogP contribution in [0.5, 0.6) is 0 Å². The van der Waals surface area contributed by atoms with Crippen molar-refractivity contribution >= 4 is 6.11 Å². The van der Waals surface area contributed by atoms with Crippen molar-refractivity contribution in [1.82, 2.24) is 0 Å². The molecule has 21 valence electrons. The molecule has 0 unspecified atom stereocenters. The molecule has 0 aromatic rings. The fourth-order valence-corrected chi connectivity index (χ4v) is 0. The van der Waals surface area contributed by atoms with Crippen LogP contribution in [0.1, 0.15) is 0 Å². The first-order valence-corrected chi connectivity index (χ1v) is 2.42. The minimum Gasteiger partial charge on any atom is 0 e. The Bertz CT molecular complexity index is 8.00. The van der Waals surface area contributed by atoms with Crippen molar-refractivity contribution in [2.24, 2.45) is 0 Å². The molecule has 0 aliphatic rings. The van der Waals surface area contributed by atoms with Crippen LogP contribution in [-0.4, -0.2) is 6.11 Å². The predicted molar refractivity (Wildman–Crippen MR) is 8.54 cm³/mol. The van der Waals surface area contributed by atoms with Gasteiger partial charge in [0.05, 0.1) is 0 Å². The molecule has 0 fully saturated rings. The Kier molecular flexibility index (Phi) is 83.3. The van der Waals surface area contributed by atoms with Crippen molar-refractivity contribution in [2.75, 3.05) is 0 Å². The number of hydrogen-bond acceptors (Lipinski definition) is 0. The zero-order valence-electron chi connectivity index (χ0n) is 2.32. The second-order valence-electron chi connectivity index (χ2n) is 0. The van der Waals surface area contributed by atoms with Crippen molar-refractivity contribution in [3.05, 3.63) is 0 Å². The van der Waals surface area contributed by atoms with Gasteiger partial charge in [-0.05, 0) is 0 Å². The third kappa shape index (κ3) is 9.00. The fourth-order valence-electron chi connectivity index (χ4n) is 0. The van der Waals surface area contributed by atoms with Crippen LogP contribution in [0.15, 0.2) is 0 Å². The van der Waals surface area contributed by atoms with Crippen molar-refractivity contribution < 1.29 is 58.7 Å². The van der Waals surface area contributed by atoms with Gasteiger partial charge in [-0.25, -0.2) is 0 Å². The van der Waals surface area contributed by atoms with Gasteiger partial charge in [0.2, 0.25) is 0 Å². The van der Waals surface area contributed by atoms with Crippen LogP contribution >= 0.6 is 0 Å². The molecule has 4 heavy (non-hydrogen) atoms. The van der Waals surface area contributed by atoms with Gasteiger partial charge in [0, 0.05) is 39.1 Å². The zero-order valence-corrected chi connectivity index (χ0v) is 7.16. The van der Waals surface area contributed by atoms with Crippen LogP contribution in [-0.2, 0) is 58.7 Å². The van der Waals surface area contributed by atoms with E-state index in [2.05, 4.69) is 0 Å². The molecule has 0 aliphatic carbocycles. The first-order chi connectivity index (χ1) is 1.00. The summed E-state index contributed by atoms with van der Waals surface area (Å²) in [5.41, 5.74) is 0. The van der Waals surface area contributed by atoms with Gasteiger partial charge in [-0.15, -0.1) is 0 Å². The summed E-state index contributed by atoms with van der Waals surface area (Å²) in [5, 5.41) is 0. The maximum Gasteiger partial charge on any atom is 0 e. The molecule has 0 saturated carbocycles. The Hall–Kier alpha value is 2.00. The summed E-state index contributed by atoms with van der Waals surface area (Å²) in [7, 11) is 0. The third-order valence-electron chi connectivity index (χ3n) is 0. The van der Waals surface area contributed by atoms with E-state index in [1.54, 1.807) is 0 Å². The Morgan fingerprint density at radius 2 is 1.25 bits per heavy atom. The maximum atomic E-state index is 2.01. The predicted octanol–water partition coefficient (Wildman–Crippen LogP) is -0.924. The van der Waals surface area contributed by atoms with Crippen LogP contribution in [0.3, 0.4) is 0 Å². The van der Waals surface area contributed by atoms with Gasteiger partial charge in [0.25, 0.3) is 0 Å². The molecular formula is H2BCrMoTi. The Morgan fingerprint density at radius 3 is 1.25 bits per heavy atom. The van der Waals surface area contributed by atoms with E-state index in [9.17, 15) is 0 Å². The molecule has 0 saturated heterocycles. The van der Waals surface area contributed by atoms with Crippen LogP contribution in [0.2, 0.25) is 0 Å². The van der Waals surface area contributed by atoms with E-state index < -0.39 is 0 Å². The Morgan fingerprint density at radius 1 is 1.25 bits per heavy atom. The van der Waals surface area contributed by atoms with E-state index in [-0.39, 0.29) is 39.1 Å². The van der Waals surface area contributed by atoms with Crippen molar-refractivity contribution in [3.8, 4) is 0 Å². The van der Waals surface area contributed by atoms with E-state index >= 15 is 0 Å². The largest absolute Gasteiger partial charge is 0 e. The van der Waals surface area contributed by atoms with E-state index in [0.717, 1.165) is 0 Å². The van der Waals surface area contributed by atoms with Crippen LogP contribution in [0, 0.1) is 0 Å². The average molecular weight is 209 g/mol. The van der Waals surface area contributed by atoms with Gasteiger partial charge in [-0.1, -0.05) is 0 Å². The van der Waals surface area contributed by atoms with Gasteiger partial charge in [0.1, 0.15) is 0 Å². The molecule has 0 heterocycles. The minimum absolute atomic E-state index is 0. The molecule has 0 amide bonds. The van der Waals surface area contributed by atoms with Gasteiger partial charge >= 0.3 is 25.7 Å². The molecule has 0 nitrogen and oxygen atoms in total. The van der Waals surface area contributed by atoms with Gasteiger partial charge in [0.15, 0.2) is 0 Å². The molecule has 0 atom stereocenters. The summed E-state index contributed by atoms with van der Waals surface area (Å²) in [5.74, 6) is 0. The summed E-state index contributed by atoms with van der Waals surface area (Å²) in [4.78, 5) is 0. The average Bonchev–Trinajstić information content (AvgIpc) is 1.00. The molecule has 4 heteroatoms. The fraction of sp³-hybridized carbons (Fsp3) is 0. The van der Waals surface area contributed by atoms with Gasteiger partial charge in [-0.2, -0.15) is 0 Å². The smallest absolute Gasteiger partial charge is 0 e. The molecule has 0 spiro atoms. The topological polar surface area (TPSA) is 0 Å². The summed E-state index contributed by atoms with van der Waals surface area (Å²) in [6, 6.07) is 0. The third-order valence-corrected chi connectivity index (χ3v) is 0. The molecular weight excluding hydrogens is 207 g/mol. The van der Waals surface area contributed by atoms with E-state index in [4.69, 9.17) is 0 Å². The van der Waals surface area contributed by atoms with Crippen molar-refractivity contribution in [2.45, 2.75) is 0 Å². The van der Waals surface area contributed by atoms with E-state index in [0.29, 0.717) is 0 Å². The van der Waals surface area contributed by atoms with Gasteiger partial charge < -0.3 is 0 Å². The number of rotatable bonds is 0. The minimum atomic E-state index is 0. The molecule has 0 aromatic carbocycles. The summed E-state index contributed by atoms with van der Waals surface area (Å²) >= 11 is 1.95. The SMILES string of the molecule is [BH2][Mo].[Cr].[Ti]. The summed E-state index contributed by atoms with van der Waals surface area (Å²) < 4.78 is 0. The standard InChI is InChI=1S/BH2.Cr.Mo.Ti/h1H2;;;/q+1;;-1;. The van der Waals surface area contributed by atoms with E-state index in [1.807, 2.05) is 25.7 Å². The number of hydrogen-bond donors (Lipinski definition) is 0.